The summed E-state index contributed by atoms with van der Waals surface area (Å²) in [5.74, 6) is -1.03. The van der Waals surface area contributed by atoms with Crippen LogP contribution in [-0.2, 0) is 0 Å². The smallest absolute Gasteiger partial charge is 0.332 e. The van der Waals surface area contributed by atoms with Crippen molar-refractivity contribution < 1.29 is 9.18 Å². The SMILES string of the molecule is CC(c1ccccc1)N1c2cc(-n3c(=O)[nH]c4ncccc43)c(F)cc2C(=O)NC1(C)C. The van der Waals surface area contributed by atoms with Gasteiger partial charge < -0.3 is 10.2 Å². The Hall–Kier alpha value is -3.94. The van der Waals surface area contributed by atoms with Crippen molar-refractivity contribution in [3.8, 4) is 5.69 Å². The van der Waals surface area contributed by atoms with Crippen molar-refractivity contribution in [2.24, 2.45) is 0 Å². The molecule has 162 valence electrons. The van der Waals surface area contributed by atoms with E-state index in [4.69, 9.17) is 0 Å². The van der Waals surface area contributed by atoms with Crippen molar-refractivity contribution in [1.82, 2.24) is 19.9 Å². The van der Waals surface area contributed by atoms with Crippen molar-refractivity contribution in [1.29, 1.82) is 0 Å². The first-order chi connectivity index (χ1) is 15.3. The molecule has 1 aliphatic heterocycles. The summed E-state index contributed by atoms with van der Waals surface area (Å²) in [4.78, 5) is 34.4. The number of rotatable bonds is 3. The fourth-order valence-corrected chi connectivity index (χ4v) is 4.56. The third-order valence-electron chi connectivity index (χ3n) is 5.96. The molecule has 0 saturated heterocycles. The molecule has 1 unspecified atom stereocenters. The second-order valence-corrected chi connectivity index (χ2v) is 8.43. The van der Waals surface area contributed by atoms with Gasteiger partial charge in [0.15, 0.2) is 5.65 Å². The minimum absolute atomic E-state index is 0.0590. The topological polar surface area (TPSA) is 83.0 Å². The molecular formula is C24H22FN5O2. The van der Waals surface area contributed by atoms with Crippen LogP contribution in [0.15, 0.2) is 65.6 Å². The lowest BCUT2D eigenvalue weighted by Crippen LogP contribution is -2.61. The van der Waals surface area contributed by atoms with Gasteiger partial charge in [-0.05, 0) is 50.6 Å². The van der Waals surface area contributed by atoms with Crippen molar-refractivity contribution in [2.75, 3.05) is 4.90 Å². The van der Waals surface area contributed by atoms with Crippen LogP contribution in [0.2, 0.25) is 0 Å². The van der Waals surface area contributed by atoms with Crippen LogP contribution in [-0.4, -0.2) is 26.1 Å². The lowest BCUT2D eigenvalue weighted by Gasteiger charge is -2.48. The summed E-state index contributed by atoms with van der Waals surface area (Å²) >= 11 is 0. The molecule has 7 nitrogen and oxygen atoms in total. The number of carbonyl (C=O) groups excluding carboxylic acids is 1. The van der Waals surface area contributed by atoms with E-state index < -0.39 is 17.2 Å². The zero-order valence-electron chi connectivity index (χ0n) is 17.9. The molecule has 4 aromatic rings. The van der Waals surface area contributed by atoms with Gasteiger partial charge in [0.05, 0.1) is 28.5 Å². The molecule has 0 bridgehead atoms. The molecule has 0 spiro atoms. The number of H-pyrrole nitrogens is 1. The highest BCUT2D eigenvalue weighted by Gasteiger charge is 2.40. The number of nitrogens with one attached hydrogen (secondary N) is 2. The van der Waals surface area contributed by atoms with Gasteiger partial charge in [0.25, 0.3) is 5.91 Å². The Bertz CT molecular complexity index is 1410. The van der Waals surface area contributed by atoms with Gasteiger partial charge in [-0.1, -0.05) is 30.3 Å². The fraction of sp³-hybridized carbons (Fsp3) is 0.208. The highest BCUT2D eigenvalue weighted by molar-refractivity contribution is 6.03. The average Bonchev–Trinajstić information content (AvgIpc) is 3.09. The van der Waals surface area contributed by atoms with Crippen LogP contribution in [0, 0.1) is 5.82 Å². The largest absolute Gasteiger partial charge is 0.342 e. The third-order valence-corrected chi connectivity index (χ3v) is 5.96. The normalized spacial score (nSPS) is 16.0. The number of carbonyl (C=O) groups is 1. The Morgan fingerprint density at radius 2 is 1.78 bits per heavy atom. The molecule has 2 aromatic carbocycles. The molecule has 32 heavy (non-hydrogen) atoms. The summed E-state index contributed by atoms with van der Waals surface area (Å²) in [5, 5.41) is 2.97. The summed E-state index contributed by atoms with van der Waals surface area (Å²) in [6.07, 6.45) is 1.56. The lowest BCUT2D eigenvalue weighted by atomic mass is 9.95. The van der Waals surface area contributed by atoms with Gasteiger partial charge >= 0.3 is 5.69 Å². The molecule has 3 heterocycles. The predicted octanol–water partition coefficient (Wildman–Crippen LogP) is 3.90. The van der Waals surface area contributed by atoms with E-state index in [0.29, 0.717) is 16.9 Å². The number of pyridine rings is 1. The summed E-state index contributed by atoms with van der Waals surface area (Å²) < 4.78 is 16.5. The van der Waals surface area contributed by atoms with E-state index in [1.54, 1.807) is 24.4 Å². The van der Waals surface area contributed by atoms with Crippen LogP contribution < -0.4 is 15.9 Å². The zero-order valence-corrected chi connectivity index (χ0v) is 17.9. The maximum Gasteiger partial charge on any atom is 0.332 e. The number of imidazole rings is 1. The highest BCUT2D eigenvalue weighted by Crippen LogP contribution is 2.40. The van der Waals surface area contributed by atoms with Crippen LogP contribution in [0.4, 0.5) is 10.1 Å². The number of aromatic nitrogens is 3. The predicted molar refractivity (Wildman–Crippen MR) is 121 cm³/mol. The first kappa shape index (κ1) is 20.0. The van der Waals surface area contributed by atoms with E-state index in [1.807, 2.05) is 56.0 Å². The van der Waals surface area contributed by atoms with Crippen molar-refractivity contribution in [3.63, 3.8) is 0 Å². The maximum absolute atomic E-state index is 15.3. The Kier molecular flexibility index (Phi) is 4.40. The number of aromatic amines is 1. The van der Waals surface area contributed by atoms with Gasteiger partial charge in [0.1, 0.15) is 11.5 Å². The summed E-state index contributed by atoms with van der Waals surface area (Å²) in [6, 6.07) is 15.9. The van der Waals surface area contributed by atoms with Crippen LogP contribution in [0.5, 0.6) is 0 Å². The van der Waals surface area contributed by atoms with Gasteiger partial charge in [0.2, 0.25) is 0 Å². The van der Waals surface area contributed by atoms with Gasteiger partial charge in [-0.2, -0.15) is 0 Å². The Labute approximate surface area is 183 Å². The molecule has 0 saturated carbocycles. The number of halogens is 1. The van der Waals surface area contributed by atoms with E-state index in [0.717, 1.165) is 5.56 Å². The molecule has 2 aromatic heterocycles. The molecular weight excluding hydrogens is 409 g/mol. The minimum Gasteiger partial charge on any atom is -0.342 e. The van der Waals surface area contributed by atoms with Gasteiger partial charge in [-0.15, -0.1) is 0 Å². The Morgan fingerprint density at radius 1 is 1.03 bits per heavy atom. The van der Waals surface area contributed by atoms with Crippen LogP contribution in [0.25, 0.3) is 16.9 Å². The minimum atomic E-state index is -0.749. The molecule has 2 N–H and O–H groups in total. The molecule has 0 fully saturated rings. The average molecular weight is 431 g/mol. The number of nitrogens with zero attached hydrogens (tertiary/aromatic N) is 3. The maximum atomic E-state index is 15.3. The number of hydrogen-bond donors (Lipinski definition) is 2. The summed E-state index contributed by atoms with van der Waals surface area (Å²) in [5.41, 5.74) is 1.45. The lowest BCUT2D eigenvalue weighted by molar-refractivity contribution is 0.0892. The third kappa shape index (κ3) is 2.98. The fourth-order valence-electron chi connectivity index (χ4n) is 4.56. The van der Waals surface area contributed by atoms with Gasteiger partial charge in [-0.3, -0.25) is 14.3 Å². The molecule has 1 aliphatic rings. The van der Waals surface area contributed by atoms with Crippen molar-refractivity contribution >= 4 is 22.8 Å². The van der Waals surface area contributed by atoms with E-state index in [-0.39, 0.29) is 23.2 Å². The van der Waals surface area contributed by atoms with Gasteiger partial charge in [-0.25, -0.2) is 14.2 Å². The second kappa shape index (κ2) is 7.05. The quantitative estimate of drug-likeness (QED) is 0.515. The molecule has 8 heteroatoms. The van der Waals surface area contributed by atoms with E-state index >= 15 is 4.39 Å². The van der Waals surface area contributed by atoms with Crippen molar-refractivity contribution in [2.45, 2.75) is 32.5 Å². The second-order valence-electron chi connectivity index (χ2n) is 8.43. The first-order valence-electron chi connectivity index (χ1n) is 10.3. The summed E-state index contributed by atoms with van der Waals surface area (Å²) in [7, 11) is 0. The molecule has 0 radical (unpaired) electrons. The monoisotopic (exact) mass is 431 g/mol. The van der Waals surface area contributed by atoms with E-state index in [9.17, 15) is 9.59 Å². The molecule has 1 atom stereocenters. The molecule has 5 rings (SSSR count). The van der Waals surface area contributed by atoms with Crippen molar-refractivity contribution in [3.05, 3.63) is 88.2 Å². The zero-order chi connectivity index (χ0) is 22.6. The number of amides is 1. The highest BCUT2D eigenvalue weighted by atomic mass is 19.1. The van der Waals surface area contributed by atoms with Crippen LogP contribution >= 0.6 is 0 Å². The number of anilines is 1. The number of benzene rings is 2. The van der Waals surface area contributed by atoms with Crippen LogP contribution in [0.1, 0.15) is 42.7 Å². The number of fused-ring (bicyclic) bond motifs is 2. The Morgan fingerprint density at radius 3 is 2.53 bits per heavy atom. The first-order valence-corrected chi connectivity index (χ1v) is 10.3. The number of hydrogen-bond acceptors (Lipinski definition) is 4. The Balaban J connectivity index is 1.76. The van der Waals surface area contributed by atoms with E-state index in [2.05, 4.69) is 15.3 Å². The van der Waals surface area contributed by atoms with E-state index in [1.165, 1.54) is 10.6 Å². The standard InChI is InChI=1S/C24H22FN5O2/c1-14(15-8-5-4-6-9-15)30-19-13-20(17(25)12-16(19)22(31)28-24(30,2)3)29-18-10-7-11-26-21(18)27-23(29)32/h4-14H,1-3H3,(H,28,31)(H,26,27,32). The van der Waals surface area contributed by atoms with Crippen LogP contribution in [0.3, 0.4) is 0 Å². The molecule has 1 amide bonds. The summed E-state index contributed by atoms with van der Waals surface area (Å²) in [6.45, 7) is 5.83. The van der Waals surface area contributed by atoms with Gasteiger partial charge in [0, 0.05) is 6.20 Å². The molecule has 0 aliphatic carbocycles.